The van der Waals surface area contributed by atoms with Crippen molar-refractivity contribution in [3.05, 3.63) is 0 Å². The maximum atomic E-state index is 9.98. The first-order valence-corrected chi connectivity index (χ1v) is 1.87. The first kappa shape index (κ1) is 6.39. The second kappa shape index (κ2) is 3.58. The van der Waals surface area contributed by atoms with Crippen LogP contribution in [-0.2, 0) is 9.53 Å². The third kappa shape index (κ3) is 3.21. The topological polar surface area (TPSA) is 78.3 Å². The number of ether oxygens (including phenoxy) is 1. The molecule has 0 spiro atoms. The molecule has 0 radical (unpaired) electrons. The number of hydrogen-bond donors (Lipinski definition) is 2. The van der Waals surface area contributed by atoms with Crippen LogP contribution < -0.4 is 11.5 Å². The summed E-state index contributed by atoms with van der Waals surface area (Å²) in [6, 6.07) is 0. The van der Waals surface area contributed by atoms with Gasteiger partial charge in [-0.15, -0.1) is 0 Å². The quantitative estimate of drug-likeness (QED) is 0.327. The molecule has 4 heteroatoms. The molecule has 0 heterocycles. The molecular formula is C3H8N2O2. The largest absolute Gasteiger partial charge is 0.449 e. The Morgan fingerprint density at radius 1 is 1.57 bits per heavy atom. The highest BCUT2D eigenvalue weighted by Gasteiger charge is 1.91. The number of rotatable bonds is 2. The van der Waals surface area contributed by atoms with Crippen molar-refractivity contribution in [2.45, 2.75) is 0 Å². The van der Waals surface area contributed by atoms with Crippen molar-refractivity contribution >= 4 is 5.97 Å². The molecule has 0 atom stereocenters. The van der Waals surface area contributed by atoms with Gasteiger partial charge in [0.05, 0.1) is 6.54 Å². The van der Waals surface area contributed by atoms with E-state index >= 15 is 0 Å². The number of nitrogens with two attached hydrogens (primary N) is 2. The fourth-order valence-electron chi connectivity index (χ4n) is 0.152. The molecular weight excluding hydrogens is 96.0 g/mol. The molecule has 0 aromatic rings. The second-order valence-electron chi connectivity index (χ2n) is 0.887. The van der Waals surface area contributed by atoms with Crippen LogP contribution in [0.4, 0.5) is 0 Å². The maximum absolute atomic E-state index is 9.98. The second-order valence-corrected chi connectivity index (χ2v) is 0.887. The highest BCUT2D eigenvalue weighted by atomic mass is 16.5. The summed E-state index contributed by atoms with van der Waals surface area (Å²) in [4.78, 5) is 9.98. The SMILES string of the molecule is NCOC(=O)CN. The summed E-state index contributed by atoms with van der Waals surface area (Å²) in [5, 5.41) is 0. The molecule has 0 aliphatic carbocycles. The minimum absolute atomic E-state index is 0.0873. The zero-order valence-electron chi connectivity index (χ0n) is 3.89. The van der Waals surface area contributed by atoms with E-state index in [0.29, 0.717) is 0 Å². The van der Waals surface area contributed by atoms with E-state index in [0.717, 1.165) is 0 Å². The summed E-state index contributed by atoms with van der Waals surface area (Å²) in [6.45, 7) is -0.187. The molecule has 0 saturated carbocycles. The lowest BCUT2D eigenvalue weighted by molar-refractivity contribution is -0.141. The highest BCUT2D eigenvalue weighted by Crippen LogP contribution is 1.65. The number of hydrogen-bond acceptors (Lipinski definition) is 4. The number of esters is 1. The van der Waals surface area contributed by atoms with E-state index in [4.69, 9.17) is 11.5 Å². The zero-order chi connectivity index (χ0) is 5.70. The summed E-state index contributed by atoms with van der Waals surface area (Å²) in [6.07, 6.45) is 0. The lowest BCUT2D eigenvalue weighted by Gasteiger charge is -1.93. The molecule has 0 bridgehead atoms. The smallest absolute Gasteiger partial charge is 0.320 e. The van der Waals surface area contributed by atoms with Crippen molar-refractivity contribution in [2.24, 2.45) is 11.5 Å². The molecule has 0 amide bonds. The van der Waals surface area contributed by atoms with Gasteiger partial charge in [-0.2, -0.15) is 0 Å². The van der Waals surface area contributed by atoms with Gasteiger partial charge in [-0.3, -0.25) is 10.5 Å². The van der Waals surface area contributed by atoms with Gasteiger partial charge >= 0.3 is 5.97 Å². The van der Waals surface area contributed by atoms with Gasteiger partial charge in [0.25, 0.3) is 0 Å². The Labute approximate surface area is 41.4 Å². The van der Waals surface area contributed by atoms with Gasteiger partial charge in [0, 0.05) is 0 Å². The predicted molar refractivity (Wildman–Crippen MR) is 24.2 cm³/mol. The van der Waals surface area contributed by atoms with Crippen LogP contribution in [0.2, 0.25) is 0 Å². The van der Waals surface area contributed by atoms with Crippen LogP contribution in [0.1, 0.15) is 0 Å². The lowest BCUT2D eigenvalue weighted by Crippen LogP contribution is -2.20. The van der Waals surface area contributed by atoms with E-state index in [9.17, 15) is 4.79 Å². The molecule has 0 saturated heterocycles. The predicted octanol–water partition coefficient (Wildman–Crippen LogP) is -1.60. The molecule has 0 unspecified atom stereocenters. The van der Waals surface area contributed by atoms with Gasteiger partial charge in [0.2, 0.25) is 0 Å². The van der Waals surface area contributed by atoms with E-state index in [-0.39, 0.29) is 13.3 Å². The zero-order valence-corrected chi connectivity index (χ0v) is 3.89. The van der Waals surface area contributed by atoms with E-state index in [1.807, 2.05) is 0 Å². The van der Waals surface area contributed by atoms with Gasteiger partial charge in [-0.05, 0) is 0 Å². The molecule has 7 heavy (non-hydrogen) atoms. The Morgan fingerprint density at radius 2 is 2.14 bits per heavy atom. The third-order valence-electron chi connectivity index (χ3n) is 0.411. The Morgan fingerprint density at radius 3 is 2.29 bits per heavy atom. The molecule has 0 aromatic carbocycles. The van der Waals surface area contributed by atoms with E-state index in [2.05, 4.69) is 4.74 Å². The summed E-state index contributed by atoms with van der Waals surface area (Å²) < 4.78 is 4.20. The van der Waals surface area contributed by atoms with Crippen LogP contribution in [0.15, 0.2) is 0 Å². The Bertz CT molecular complexity index is 64.0. The molecule has 0 fully saturated rings. The number of carbonyl (C=O) groups excluding carboxylic acids is 1. The fraction of sp³-hybridized carbons (Fsp3) is 0.667. The minimum atomic E-state index is -0.470. The monoisotopic (exact) mass is 104 g/mol. The summed E-state index contributed by atoms with van der Waals surface area (Å²) >= 11 is 0. The van der Waals surface area contributed by atoms with Crippen molar-refractivity contribution in [2.75, 3.05) is 13.3 Å². The van der Waals surface area contributed by atoms with Crippen molar-refractivity contribution in [3.63, 3.8) is 0 Å². The third-order valence-corrected chi connectivity index (χ3v) is 0.411. The van der Waals surface area contributed by atoms with E-state index in [1.54, 1.807) is 0 Å². The summed E-state index contributed by atoms with van der Waals surface area (Å²) in [7, 11) is 0. The summed E-state index contributed by atoms with van der Waals surface area (Å²) in [5.41, 5.74) is 9.63. The van der Waals surface area contributed by atoms with Gasteiger partial charge in [-0.1, -0.05) is 0 Å². The average molecular weight is 104 g/mol. The van der Waals surface area contributed by atoms with E-state index in [1.165, 1.54) is 0 Å². The van der Waals surface area contributed by atoms with Crippen LogP contribution in [0.5, 0.6) is 0 Å². The van der Waals surface area contributed by atoms with Crippen LogP contribution in [0, 0.1) is 0 Å². The fourth-order valence-corrected chi connectivity index (χ4v) is 0.152. The maximum Gasteiger partial charge on any atom is 0.320 e. The van der Waals surface area contributed by atoms with Crippen LogP contribution in [-0.4, -0.2) is 19.2 Å². The van der Waals surface area contributed by atoms with Crippen molar-refractivity contribution in [1.29, 1.82) is 0 Å². The normalized spacial score (nSPS) is 8.29. The van der Waals surface area contributed by atoms with Gasteiger partial charge < -0.3 is 10.5 Å². The average Bonchev–Trinajstić information content (AvgIpc) is 1.68. The Hall–Kier alpha value is -0.610. The Balaban J connectivity index is 3.00. The molecule has 0 rings (SSSR count). The number of carbonyl (C=O) groups is 1. The molecule has 0 aromatic heterocycles. The van der Waals surface area contributed by atoms with Gasteiger partial charge in [0.15, 0.2) is 0 Å². The molecule has 0 aliphatic rings. The molecule has 4 nitrogen and oxygen atoms in total. The lowest BCUT2D eigenvalue weighted by atomic mass is 10.7. The van der Waals surface area contributed by atoms with Crippen molar-refractivity contribution in [3.8, 4) is 0 Å². The first-order valence-electron chi connectivity index (χ1n) is 1.87. The molecule has 4 N–H and O–H groups in total. The van der Waals surface area contributed by atoms with Gasteiger partial charge in [0.1, 0.15) is 6.73 Å². The van der Waals surface area contributed by atoms with Crippen molar-refractivity contribution < 1.29 is 9.53 Å². The molecule has 0 aliphatic heterocycles. The van der Waals surface area contributed by atoms with Crippen molar-refractivity contribution in [1.82, 2.24) is 0 Å². The Kier molecular flexibility index (Phi) is 3.26. The molecule has 42 valence electrons. The van der Waals surface area contributed by atoms with Crippen LogP contribution in [0.3, 0.4) is 0 Å². The van der Waals surface area contributed by atoms with Crippen LogP contribution >= 0.6 is 0 Å². The van der Waals surface area contributed by atoms with Crippen LogP contribution in [0.25, 0.3) is 0 Å². The highest BCUT2D eigenvalue weighted by molar-refractivity contribution is 5.71. The minimum Gasteiger partial charge on any atom is -0.449 e. The standard InChI is InChI=1S/C3H8N2O2/c4-1-3(6)7-2-5/h1-2,4-5H2. The first-order chi connectivity index (χ1) is 3.31. The van der Waals surface area contributed by atoms with E-state index < -0.39 is 5.97 Å². The van der Waals surface area contributed by atoms with Gasteiger partial charge in [-0.25, -0.2) is 0 Å². The summed E-state index contributed by atoms with van der Waals surface area (Å²) in [5.74, 6) is -0.470.